The van der Waals surface area contributed by atoms with Gasteiger partial charge in [-0.3, -0.25) is 0 Å². The van der Waals surface area contributed by atoms with Gasteiger partial charge in [-0.05, 0) is 12.5 Å². The van der Waals surface area contributed by atoms with E-state index in [2.05, 4.69) is 0 Å². The number of hydrogen-bond donors (Lipinski definition) is 1. The Morgan fingerprint density at radius 3 is 2.67 bits per heavy atom. The van der Waals surface area contributed by atoms with E-state index in [9.17, 15) is 12.8 Å². The highest BCUT2D eigenvalue weighted by Crippen LogP contribution is 2.16. The van der Waals surface area contributed by atoms with Crippen molar-refractivity contribution in [3.8, 4) is 5.75 Å². The number of nitrogens with two attached hydrogens (primary N) is 1. The third-order valence-electron chi connectivity index (χ3n) is 2.55. The number of ether oxygens (including phenoxy) is 1. The van der Waals surface area contributed by atoms with Crippen LogP contribution in [0.25, 0.3) is 0 Å². The zero-order valence-corrected chi connectivity index (χ0v) is 11.2. The van der Waals surface area contributed by atoms with Crippen LogP contribution in [0.15, 0.2) is 18.2 Å². The largest absolute Gasteiger partial charge is 0.493 e. The minimum absolute atomic E-state index is 0.0901. The summed E-state index contributed by atoms with van der Waals surface area (Å²) in [6.45, 7) is 2.00. The van der Waals surface area contributed by atoms with E-state index in [0.29, 0.717) is 17.7 Å². The molecule has 1 aromatic carbocycles. The minimum Gasteiger partial charge on any atom is -0.493 e. The predicted molar refractivity (Wildman–Crippen MR) is 68.7 cm³/mol. The highest BCUT2D eigenvalue weighted by molar-refractivity contribution is 7.91. The predicted octanol–water partition coefficient (Wildman–Crippen LogP) is 1.49. The molecule has 0 bridgehead atoms. The monoisotopic (exact) mass is 275 g/mol. The van der Waals surface area contributed by atoms with Crippen LogP contribution < -0.4 is 10.5 Å². The summed E-state index contributed by atoms with van der Waals surface area (Å²) in [5.41, 5.74) is 5.76. The summed E-state index contributed by atoms with van der Waals surface area (Å²) in [5.74, 6) is 0.203. The van der Waals surface area contributed by atoms with Crippen LogP contribution in [0.5, 0.6) is 5.75 Å². The molecule has 0 heterocycles. The van der Waals surface area contributed by atoms with Gasteiger partial charge in [0.25, 0.3) is 0 Å². The molecule has 0 saturated carbocycles. The Morgan fingerprint density at radius 2 is 2.11 bits per heavy atom. The quantitative estimate of drug-likeness (QED) is 0.765. The zero-order chi connectivity index (χ0) is 13.6. The average molecular weight is 275 g/mol. The van der Waals surface area contributed by atoms with Crippen molar-refractivity contribution in [2.45, 2.75) is 19.9 Å². The van der Waals surface area contributed by atoms with Gasteiger partial charge in [-0.2, -0.15) is 0 Å². The zero-order valence-electron chi connectivity index (χ0n) is 10.4. The Morgan fingerprint density at radius 1 is 1.39 bits per heavy atom. The summed E-state index contributed by atoms with van der Waals surface area (Å²) in [5, 5.41) is 0. The normalized spacial score (nSPS) is 11.5. The van der Waals surface area contributed by atoms with Crippen LogP contribution in [0.3, 0.4) is 0 Å². The van der Waals surface area contributed by atoms with Gasteiger partial charge < -0.3 is 10.5 Å². The first-order chi connectivity index (χ1) is 8.48. The van der Waals surface area contributed by atoms with Crippen LogP contribution in [-0.4, -0.2) is 26.5 Å². The van der Waals surface area contributed by atoms with Crippen molar-refractivity contribution >= 4 is 9.84 Å². The molecule has 0 aliphatic carbocycles. The van der Waals surface area contributed by atoms with Gasteiger partial charge in [0.15, 0.2) is 0 Å². The highest BCUT2D eigenvalue weighted by atomic mass is 32.2. The second-order valence-corrected chi connectivity index (χ2v) is 6.37. The van der Waals surface area contributed by atoms with Gasteiger partial charge in [-0.15, -0.1) is 0 Å². The van der Waals surface area contributed by atoms with E-state index in [0.717, 1.165) is 0 Å². The molecule has 18 heavy (non-hydrogen) atoms. The van der Waals surface area contributed by atoms with Gasteiger partial charge in [0.05, 0.1) is 12.4 Å². The molecule has 0 radical (unpaired) electrons. The molecular weight excluding hydrogens is 257 g/mol. The Kier molecular flexibility index (Phi) is 5.55. The number of benzene rings is 1. The van der Waals surface area contributed by atoms with Crippen molar-refractivity contribution in [3.05, 3.63) is 29.6 Å². The van der Waals surface area contributed by atoms with Crippen molar-refractivity contribution < 1.29 is 17.5 Å². The molecule has 2 N–H and O–H groups in total. The summed E-state index contributed by atoms with van der Waals surface area (Å²) in [4.78, 5) is 0. The first kappa shape index (κ1) is 14.9. The molecule has 0 unspecified atom stereocenters. The summed E-state index contributed by atoms with van der Waals surface area (Å²) < 4.78 is 41.1. The second kappa shape index (κ2) is 6.70. The van der Waals surface area contributed by atoms with Crippen LogP contribution in [0, 0.1) is 5.82 Å². The summed E-state index contributed by atoms with van der Waals surface area (Å²) in [6.07, 6.45) is 0.399. The van der Waals surface area contributed by atoms with E-state index < -0.39 is 15.7 Å². The molecule has 6 heteroatoms. The molecule has 0 amide bonds. The van der Waals surface area contributed by atoms with Gasteiger partial charge in [0.2, 0.25) is 0 Å². The first-order valence-corrected chi connectivity index (χ1v) is 7.62. The lowest BCUT2D eigenvalue weighted by Crippen LogP contribution is -2.12. The molecule has 0 saturated heterocycles. The lowest BCUT2D eigenvalue weighted by Gasteiger charge is -2.07. The van der Waals surface area contributed by atoms with E-state index in [-0.39, 0.29) is 24.7 Å². The molecule has 4 nitrogen and oxygen atoms in total. The average Bonchev–Trinajstić information content (AvgIpc) is 2.35. The van der Waals surface area contributed by atoms with Crippen molar-refractivity contribution in [2.24, 2.45) is 5.73 Å². The standard InChI is InChI=1S/C12H18FNO3S/c1-2-18(15,16)7-3-6-17-11-5-4-10(9-14)12(13)8-11/h4-5,8H,2-3,6-7,9,14H2,1H3. The van der Waals surface area contributed by atoms with Gasteiger partial charge in [0, 0.05) is 23.9 Å². The molecule has 0 spiro atoms. The fourth-order valence-electron chi connectivity index (χ4n) is 1.40. The number of sulfone groups is 1. The van der Waals surface area contributed by atoms with Crippen LogP contribution in [0.4, 0.5) is 4.39 Å². The molecule has 0 atom stereocenters. The molecular formula is C12H18FNO3S. The van der Waals surface area contributed by atoms with Crippen LogP contribution >= 0.6 is 0 Å². The third-order valence-corrected chi connectivity index (χ3v) is 4.34. The second-order valence-electron chi connectivity index (χ2n) is 3.90. The topological polar surface area (TPSA) is 69.4 Å². The molecule has 102 valence electrons. The van der Waals surface area contributed by atoms with Crippen LogP contribution in [0.1, 0.15) is 18.9 Å². The molecule has 0 aliphatic rings. The Hall–Kier alpha value is -1.14. The van der Waals surface area contributed by atoms with E-state index in [1.165, 1.54) is 6.07 Å². The van der Waals surface area contributed by atoms with Crippen molar-refractivity contribution in [2.75, 3.05) is 18.1 Å². The summed E-state index contributed by atoms with van der Waals surface area (Å²) in [7, 11) is -2.96. The molecule has 0 aliphatic heterocycles. The van der Waals surface area contributed by atoms with Gasteiger partial charge in [-0.1, -0.05) is 13.0 Å². The van der Waals surface area contributed by atoms with Crippen molar-refractivity contribution in [3.63, 3.8) is 0 Å². The van der Waals surface area contributed by atoms with Gasteiger partial charge in [0.1, 0.15) is 21.4 Å². The smallest absolute Gasteiger partial charge is 0.150 e. The maximum atomic E-state index is 13.3. The Balaban J connectivity index is 2.43. The first-order valence-electron chi connectivity index (χ1n) is 5.80. The number of halogens is 1. The molecule has 0 aromatic heterocycles. The molecule has 0 fully saturated rings. The highest BCUT2D eigenvalue weighted by Gasteiger charge is 2.07. The maximum absolute atomic E-state index is 13.3. The number of hydrogen-bond acceptors (Lipinski definition) is 4. The van der Waals surface area contributed by atoms with E-state index in [1.807, 2.05) is 0 Å². The fourth-order valence-corrected chi connectivity index (χ4v) is 2.24. The van der Waals surface area contributed by atoms with E-state index in [1.54, 1.807) is 19.1 Å². The summed E-state index contributed by atoms with van der Waals surface area (Å²) >= 11 is 0. The van der Waals surface area contributed by atoms with Gasteiger partial charge in [-0.25, -0.2) is 12.8 Å². The number of rotatable bonds is 7. The van der Waals surface area contributed by atoms with Crippen LogP contribution in [0.2, 0.25) is 0 Å². The lowest BCUT2D eigenvalue weighted by atomic mass is 10.2. The Labute approximate surface area is 107 Å². The van der Waals surface area contributed by atoms with Crippen molar-refractivity contribution in [1.29, 1.82) is 0 Å². The molecule has 1 aromatic rings. The minimum atomic E-state index is -2.96. The molecule has 1 rings (SSSR count). The lowest BCUT2D eigenvalue weighted by molar-refractivity contribution is 0.316. The SMILES string of the molecule is CCS(=O)(=O)CCCOc1ccc(CN)c(F)c1. The van der Waals surface area contributed by atoms with Crippen LogP contribution in [-0.2, 0) is 16.4 Å². The Bertz CT molecular complexity index is 488. The maximum Gasteiger partial charge on any atom is 0.150 e. The fraction of sp³-hybridized carbons (Fsp3) is 0.500. The van der Waals surface area contributed by atoms with Crippen molar-refractivity contribution in [1.82, 2.24) is 0 Å². The third kappa shape index (κ3) is 4.62. The van der Waals surface area contributed by atoms with E-state index in [4.69, 9.17) is 10.5 Å². The van der Waals surface area contributed by atoms with E-state index >= 15 is 0 Å². The van der Waals surface area contributed by atoms with Gasteiger partial charge >= 0.3 is 0 Å². The summed E-state index contributed by atoms with van der Waals surface area (Å²) in [6, 6.07) is 4.45.